The van der Waals surface area contributed by atoms with Gasteiger partial charge in [0, 0.05) is 31.5 Å². The molecule has 0 unspecified atom stereocenters. The Bertz CT molecular complexity index is 558. The monoisotopic (exact) mass is 263 g/mol. The van der Waals surface area contributed by atoms with Gasteiger partial charge in [-0.05, 0) is 30.7 Å². The Hall–Kier alpha value is -2.17. The molecule has 0 saturated carbocycles. The van der Waals surface area contributed by atoms with Crippen LogP contribution in [0.3, 0.4) is 0 Å². The summed E-state index contributed by atoms with van der Waals surface area (Å²) in [6.45, 7) is 3.02. The average molecular weight is 263 g/mol. The number of hydrogen-bond acceptors (Lipinski definition) is 3. The van der Waals surface area contributed by atoms with Crippen molar-refractivity contribution in [1.82, 2.24) is 4.98 Å². The van der Waals surface area contributed by atoms with Crippen LogP contribution < -0.4 is 10.6 Å². The summed E-state index contributed by atoms with van der Waals surface area (Å²) in [5.41, 5.74) is 7.03. The topological polar surface area (TPSA) is 42.2 Å². The normalized spacial score (nSPS) is 10.5. The zero-order chi connectivity index (χ0) is 13.8. The van der Waals surface area contributed by atoms with Gasteiger partial charge in [0.15, 0.2) is 5.82 Å². The number of hydrogen-bond donors (Lipinski definition) is 1. The van der Waals surface area contributed by atoms with E-state index in [-0.39, 0.29) is 5.69 Å². The predicted octanol–water partition coefficient (Wildman–Crippen LogP) is 2.97. The summed E-state index contributed by atoms with van der Waals surface area (Å²) in [7, 11) is 0. The van der Waals surface area contributed by atoms with Gasteiger partial charge >= 0.3 is 0 Å². The van der Waals surface area contributed by atoms with Crippen molar-refractivity contribution in [2.75, 3.05) is 17.2 Å². The molecule has 5 heteroatoms. The lowest BCUT2D eigenvalue weighted by Crippen LogP contribution is -2.23. The van der Waals surface area contributed by atoms with Crippen molar-refractivity contribution >= 4 is 11.4 Å². The molecule has 0 aliphatic carbocycles. The highest BCUT2D eigenvalue weighted by atomic mass is 19.1. The number of pyridine rings is 1. The summed E-state index contributed by atoms with van der Waals surface area (Å²) in [5, 5.41) is 0. The minimum absolute atomic E-state index is 0.0303. The molecule has 0 aliphatic heterocycles. The Labute approximate surface area is 110 Å². The standard InChI is InChI=1S/C14H15F2N3/c1-2-19(9-10-3-5-18-6-4-10)13-8-11(15)7-12(16)14(13)17/h3-8H,2,9,17H2,1H3. The summed E-state index contributed by atoms with van der Waals surface area (Å²) in [4.78, 5) is 5.75. The molecule has 0 bridgehead atoms. The first kappa shape index (κ1) is 13.3. The van der Waals surface area contributed by atoms with Crippen LogP contribution in [0, 0.1) is 11.6 Å². The van der Waals surface area contributed by atoms with Crippen LogP contribution in [0.15, 0.2) is 36.7 Å². The van der Waals surface area contributed by atoms with Crippen molar-refractivity contribution < 1.29 is 8.78 Å². The van der Waals surface area contributed by atoms with Gasteiger partial charge in [-0.1, -0.05) is 0 Å². The maximum Gasteiger partial charge on any atom is 0.151 e. The third-order valence-electron chi connectivity index (χ3n) is 2.92. The van der Waals surface area contributed by atoms with E-state index >= 15 is 0 Å². The van der Waals surface area contributed by atoms with Crippen molar-refractivity contribution in [2.24, 2.45) is 0 Å². The fourth-order valence-electron chi connectivity index (χ4n) is 1.91. The quantitative estimate of drug-likeness (QED) is 0.862. The first-order valence-corrected chi connectivity index (χ1v) is 6.00. The molecular formula is C14H15F2N3. The molecule has 1 aromatic heterocycles. The van der Waals surface area contributed by atoms with Gasteiger partial charge in [-0.3, -0.25) is 4.98 Å². The largest absolute Gasteiger partial charge is 0.395 e. The van der Waals surface area contributed by atoms with E-state index < -0.39 is 11.6 Å². The van der Waals surface area contributed by atoms with E-state index in [2.05, 4.69) is 4.98 Å². The molecule has 3 nitrogen and oxygen atoms in total. The van der Waals surface area contributed by atoms with Crippen molar-refractivity contribution in [2.45, 2.75) is 13.5 Å². The van der Waals surface area contributed by atoms with Crippen LogP contribution in [-0.4, -0.2) is 11.5 Å². The third-order valence-corrected chi connectivity index (χ3v) is 2.92. The number of anilines is 2. The third kappa shape index (κ3) is 2.99. The first-order chi connectivity index (χ1) is 9.11. The SMILES string of the molecule is CCN(Cc1ccncc1)c1cc(F)cc(F)c1N. The summed E-state index contributed by atoms with van der Waals surface area (Å²) in [6.07, 6.45) is 3.36. The summed E-state index contributed by atoms with van der Waals surface area (Å²) in [6, 6.07) is 5.76. The zero-order valence-electron chi connectivity index (χ0n) is 10.6. The molecule has 2 aromatic rings. The second-order valence-corrected chi connectivity index (χ2v) is 4.19. The summed E-state index contributed by atoms with van der Waals surface area (Å²) in [5.74, 6) is -1.36. The molecule has 0 radical (unpaired) electrons. The number of nitrogens with zero attached hydrogens (tertiary/aromatic N) is 2. The Balaban J connectivity index is 2.32. The molecule has 19 heavy (non-hydrogen) atoms. The van der Waals surface area contributed by atoms with Crippen LogP contribution in [0.4, 0.5) is 20.2 Å². The first-order valence-electron chi connectivity index (χ1n) is 6.00. The number of nitrogens with two attached hydrogens (primary N) is 1. The second-order valence-electron chi connectivity index (χ2n) is 4.19. The maximum absolute atomic E-state index is 13.5. The molecule has 2 rings (SSSR count). The van der Waals surface area contributed by atoms with Crippen LogP contribution in [0.2, 0.25) is 0 Å². The predicted molar refractivity (Wildman–Crippen MR) is 71.7 cm³/mol. The molecule has 2 N–H and O–H groups in total. The van der Waals surface area contributed by atoms with Gasteiger partial charge in [0.05, 0.1) is 11.4 Å². The molecule has 0 fully saturated rings. The fourth-order valence-corrected chi connectivity index (χ4v) is 1.91. The number of benzene rings is 1. The minimum atomic E-state index is -0.733. The Kier molecular flexibility index (Phi) is 3.94. The number of nitrogen functional groups attached to an aromatic ring is 1. The summed E-state index contributed by atoms with van der Waals surface area (Å²) >= 11 is 0. The van der Waals surface area contributed by atoms with Gasteiger partial charge in [0.2, 0.25) is 0 Å². The highest BCUT2D eigenvalue weighted by molar-refractivity contribution is 5.68. The van der Waals surface area contributed by atoms with Crippen molar-refractivity contribution in [1.29, 1.82) is 0 Å². The van der Waals surface area contributed by atoms with Gasteiger partial charge < -0.3 is 10.6 Å². The summed E-state index contributed by atoms with van der Waals surface area (Å²) < 4.78 is 26.8. The Morgan fingerprint density at radius 1 is 1.21 bits per heavy atom. The number of rotatable bonds is 4. The van der Waals surface area contributed by atoms with Crippen LogP contribution in [0.5, 0.6) is 0 Å². The molecule has 0 atom stereocenters. The lowest BCUT2D eigenvalue weighted by atomic mass is 10.2. The van der Waals surface area contributed by atoms with Gasteiger partial charge in [0.25, 0.3) is 0 Å². The van der Waals surface area contributed by atoms with E-state index in [0.29, 0.717) is 18.8 Å². The maximum atomic E-state index is 13.5. The van der Waals surface area contributed by atoms with E-state index in [1.165, 1.54) is 6.07 Å². The van der Waals surface area contributed by atoms with E-state index in [1.54, 1.807) is 12.4 Å². The fraction of sp³-hybridized carbons (Fsp3) is 0.214. The zero-order valence-corrected chi connectivity index (χ0v) is 10.6. The smallest absolute Gasteiger partial charge is 0.151 e. The average Bonchev–Trinajstić information content (AvgIpc) is 2.41. The van der Waals surface area contributed by atoms with Gasteiger partial charge in [0.1, 0.15) is 5.82 Å². The molecule has 0 saturated heterocycles. The van der Waals surface area contributed by atoms with E-state index in [4.69, 9.17) is 5.73 Å². The molecule has 1 aromatic carbocycles. The molecule has 100 valence electrons. The van der Waals surface area contributed by atoms with Gasteiger partial charge in [-0.25, -0.2) is 8.78 Å². The lowest BCUT2D eigenvalue weighted by molar-refractivity contribution is 0.585. The lowest BCUT2D eigenvalue weighted by Gasteiger charge is -2.25. The number of aromatic nitrogens is 1. The molecule has 0 spiro atoms. The van der Waals surface area contributed by atoms with Crippen molar-refractivity contribution in [3.05, 3.63) is 53.9 Å². The molecular weight excluding hydrogens is 248 g/mol. The van der Waals surface area contributed by atoms with Gasteiger partial charge in [-0.15, -0.1) is 0 Å². The highest BCUT2D eigenvalue weighted by Crippen LogP contribution is 2.28. The second kappa shape index (κ2) is 5.65. The Morgan fingerprint density at radius 2 is 1.89 bits per heavy atom. The highest BCUT2D eigenvalue weighted by Gasteiger charge is 2.14. The van der Waals surface area contributed by atoms with Crippen LogP contribution in [-0.2, 0) is 6.54 Å². The van der Waals surface area contributed by atoms with Crippen molar-refractivity contribution in [3.63, 3.8) is 0 Å². The van der Waals surface area contributed by atoms with E-state index in [9.17, 15) is 8.78 Å². The van der Waals surface area contributed by atoms with Crippen LogP contribution >= 0.6 is 0 Å². The van der Waals surface area contributed by atoms with Crippen molar-refractivity contribution in [3.8, 4) is 0 Å². The molecule has 0 amide bonds. The van der Waals surface area contributed by atoms with Crippen LogP contribution in [0.1, 0.15) is 12.5 Å². The molecule has 1 heterocycles. The van der Waals surface area contributed by atoms with Gasteiger partial charge in [-0.2, -0.15) is 0 Å². The number of halogens is 2. The van der Waals surface area contributed by atoms with E-state index in [0.717, 1.165) is 11.6 Å². The van der Waals surface area contributed by atoms with Crippen LogP contribution in [0.25, 0.3) is 0 Å². The Morgan fingerprint density at radius 3 is 2.53 bits per heavy atom. The molecule has 0 aliphatic rings. The minimum Gasteiger partial charge on any atom is -0.395 e. The van der Waals surface area contributed by atoms with E-state index in [1.807, 2.05) is 24.0 Å².